The second kappa shape index (κ2) is 5.79. The van der Waals surface area contributed by atoms with Gasteiger partial charge in [0.15, 0.2) is 0 Å². The molecule has 0 radical (unpaired) electrons. The Morgan fingerprint density at radius 3 is 2.57 bits per heavy atom. The van der Waals surface area contributed by atoms with Gasteiger partial charge in [-0.3, -0.25) is 4.90 Å². The average Bonchev–Trinajstić information content (AvgIpc) is 2.19. The summed E-state index contributed by atoms with van der Waals surface area (Å²) in [7, 11) is 2.14. The van der Waals surface area contributed by atoms with Gasteiger partial charge < -0.3 is 4.90 Å². The molecule has 0 aliphatic carbocycles. The molecule has 0 saturated carbocycles. The van der Waals surface area contributed by atoms with Gasteiger partial charge >= 0.3 is 0 Å². The predicted octanol–water partition coefficient (Wildman–Crippen LogP) is 1.09. The maximum Gasteiger partial charge on any atom is 0.0638 e. The zero-order valence-electron chi connectivity index (χ0n) is 8.95. The van der Waals surface area contributed by atoms with Crippen LogP contribution in [-0.2, 0) is 0 Å². The number of nitriles is 1. The Kier molecular flexibility index (Phi) is 4.64. The summed E-state index contributed by atoms with van der Waals surface area (Å²) in [4.78, 5) is 4.73. The second-order valence-electron chi connectivity index (χ2n) is 3.88. The third-order valence-electron chi connectivity index (χ3n) is 2.82. The number of nitrogens with zero attached hydrogens (tertiary/aromatic N) is 3. The van der Waals surface area contributed by atoms with Gasteiger partial charge in [0.05, 0.1) is 12.5 Å². The van der Waals surface area contributed by atoms with Crippen molar-refractivity contribution in [2.45, 2.75) is 18.9 Å². The van der Waals surface area contributed by atoms with E-state index in [1.165, 1.54) is 0 Å². The maximum atomic E-state index is 8.72. The maximum absolute atomic E-state index is 8.72. The van der Waals surface area contributed by atoms with Crippen LogP contribution in [0.5, 0.6) is 0 Å². The van der Waals surface area contributed by atoms with Gasteiger partial charge in [-0.2, -0.15) is 5.26 Å². The van der Waals surface area contributed by atoms with E-state index >= 15 is 0 Å². The van der Waals surface area contributed by atoms with Crippen LogP contribution in [0.15, 0.2) is 12.7 Å². The highest BCUT2D eigenvalue weighted by Gasteiger charge is 2.20. The number of rotatable bonds is 4. The van der Waals surface area contributed by atoms with Crippen molar-refractivity contribution in [3.8, 4) is 6.07 Å². The first-order valence-electron chi connectivity index (χ1n) is 5.18. The molecule has 1 aliphatic heterocycles. The van der Waals surface area contributed by atoms with Crippen LogP contribution in [0.1, 0.15) is 12.8 Å². The lowest BCUT2D eigenvalue weighted by molar-refractivity contribution is 0.114. The minimum atomic E-state index is 0.381. The molecule has 1 fully saturated rings. The lowest BCUT2D eigenvalue weighted by Crippen LogP contribution is -2.48. The third-order valence-corrected chi connectivity index (χ3v) is 2.82. The topological polar surface area (TPSA) is 30.3 Å². The Morgan fingerprint density at radius 1 is 1.43 bits per heavy atom. The fraction of sp³-hybridized carbons (Fsp3) is 0.727. The van der Waals surface area contributed by atoms with E-state index in [1.54, 1.807) is 0 Å². The molecule has 78 valence electrons. The van der Waals surface area contributed by atoms with Crippen molar-refractivity contribution in [3.05, 3.63) is 12.7 Å². The fourth-order valence-corrected chi connectivity index (χ4v) is 1.85. The molecule has 1 saturated heterocycles. The molecular weight excluding hydrogens is 174 g/mol. The first-order valence-corrected chi connectivity index (χ1v) is 5.18. The van der Waals surface area contributed by atoms with Crippen molar-refractivity contribution in [2.24, 2.45) is 0 Å². The summed E-state index contributed by atoms with van der Waals surface area (Å²) in [5.41, 5.74) is 0. The third kappa shape index (κ3) is 3.13. The first-order chi connectivity index (χ1) is 6.77. The monoisotopic (exact) mass is 193 g/mol. The van der Waals surface area contributed by atoms with E-state index in [2.05, 4.69) is 29.5 Å². The normalized spacial score (nSPS) is 21.4. The zero-order chi connectivity index (χ0) is 10.4. The van der Waals surface area contributed by atoms with Crippen molar-refractivity contribution in [2.75, 3.05) is 33.2 Å². The van der Waals surface area contributed by atoms with Crippen LogP contribution < -0.4 is 0 Å². The van der Waals surface area contributed by atoms with E-state index in [9.17, 15) is 0 Å². The summed E-state index contributed by atoms with van der Waals surface area (Å²) in [6.45, 7) is 8.13. The molecule has 0 aromatic heterocycles. The van der Waals surface area contributed by atoms with Gasteiger partial charge in [0.2, 0.25) is 0 Å². The predicted molar refractivity (Wildman–Crippen MR) is 57.9 cm³/mol. The average molecular weight is 193 g/mol. The van der Waals surface area contributed by atoms with Crippen molar-refractivity contribution >= 4 is 0 Å². The first kappa shape index (κ1) is 11.2. The molecule has 1 unspecified atom stereocenters. The summed E-state index contributed by atoms with van der Waals surface area (Å²) >= 11 is 0. The van der Waals surface area contributed by atoms with Gasteiger partial charge in [-0.1, -0.05) is 6.08 Å². The van der Waals surface area contributed by atoms with Gasteiger partial charge in [0.25, 0.3) is 0 Å². The van der Waals surface area contributed by atoms with Gasteiger partial charge in [-0.05, 0) is 13.5 Å². The molecule has 0 spiro atoms. The standard InChI is InChI=1S/C11H19N3/c1-3-4-11(5-6-12)14-9-7-13(2)8-10-14/h3,11H,1,4-5,7-10H2,2H3. The number of hydrogen-bond acceptors (Lipinski definition) is 3. The quantitative estimate of drug-likeness (QED) is 0.626. The van der Waals surface area contributed by atoms with Crippen molar-refractivity contribution in [1.82, 2.24) is 9.80 Å². The highest BCUT2D eigenvalue weighted by atomic mass is 15.3. The van der Waals surface area contributed by atoms with E-state index in [4.69, 9.17) is 5.26 Å². The van der Waals surface area contributed by atoms with E-state index in [-0.39, 0.29) is 0 Å². The smallest absolute Gasteiger partial charge is 0.0638 e. The molecule has 0 bridgehead atoms. The van der Waals surface area contributed by atoms with Crippen LogP contribution in [0.2, 0.25) is 0 Å². The SMILES string of the molecule is C=CCC(CC#N)N1CCN(C)CC1. The number of hydrogen-bond donors (Lipinski definition) is 0. The summed E-state index contributed by atoms with van der Waals surface area (Å²) in [5, 5.41) is 8.72. The van der Waals surface area contributed by atoms with Gasteiger partial charge in [0.1, 0.15) is 0 Å². The Morgan fingerprint density at radius 2 is 2.07 bits per heavy atom. The molecule has 0 N–H and O–H groups in total. The van der Waals surface area contributed by atoms with E-state index in [1.807, 2.05) is 6.08 Å². The Balaban J connectivity index is 2.43. The molecule has 3 nitrogen and oxygen atoms in total. The van der Waals surface area contributed by atoms with Gasteiger partial charge in [-0.25, -0.2) is 0 Å². The summed E-state index contributed by atoms with van der Waals surface area (Å²) < 4.78 is 0. The summed E-state index contributed by atoms with van der Waals surface area (Å²) in [6.07, 6.45) is 3.47. The van der Waals surface area contributed by atoms with Gasteiger partial charge in [0, 0.05) is 32.2 Å². The van der Waals surface area contributed by atoms with E-state index in [0.717, 1.165) is 32.6 Å². The van der Waals surface area contributed by atoms with E-state index in [0.29, 0.717) is 12.5 Å². The summed E-state index contributed by atoms with van der Waals surface area (Å²) in [5.74, 6) is 0. The van der Waals surface area contributed by atoms with Crippen molar-refractivity contribution in [1.29, 1.82) is 5.26 Å². The molecule has 0 amide bonds. The summed E-state index contributed by atoms with van der Waals surface area (Å²) in [6, 6.07) is 2.64. The molecule has 1 aliphatic rings. The van der Waals surface area contributed by atoms with E-state index < -0.39 is 0 Å². The van der Waals surface area contributed by atoms with Gasteiger partial charge in [-0.15, -0.1) is 6.58 Å². The van der Waals surface area contributed by atoms with Crippen LogP contribution in [0.4, 0.5) is 0 Å². The highest BCUT2D eigenvalue weighted by molar-refractivity contribution is 4.89. The van der Waals surface area contributed by atoms with Crippen LogP contribution in [0.3, 0.4) is 0 Å². The molecule has 3 heteroatoms. The second-order valence-corrected chi connectivity index (χ2v) is 3.88. The lowest BCUT2D eigenvalue weighted by atomic mass is 10.1. The molecule has 0 aromatic rings. The van der Waals surface area contributed by atoms with Crippen LogP contribution >= 0.6 is 0 Å². The number of likely N-dealkylation sites (N-methyl/N-ethyl adjacent to an activating group) is 1. The van der Waals surface area contributed by atoms with Crippen molar-refractivity contribution < 1.29 is 0 Å². The van der Waals surface area contributed by atoms with Crippen LogP contribution in [-0.4, -0.2) is 49.1 Å². The molecule has 14 heavy (non-hydrogen) atoms. The van der Waals surface area contributed by atoms with Crippen LogP contribution in [0, 0.1) is 11.3 Å². The highest BCUT2D eigenvalue weighted by Crippen LogP contribution is 2.11. The largest absolute Gasteiger partial charge is 0.304 e. The molecule has 0 aromatic carbocycles. The lowest BCUT2D eigenvalue weighted by Gasteiger charge is -2.36. The molecule has 1 atom stereocenters. The Bertz CT molecular complexity index is 211. The molecular formula is C11H19N3. The fourth-order valence-electron chi connectivity index (χ4n) is 1.85. The minimum Gasteiger partial charge on any atom is -0.304 e. The van der Waals surface area contributed by atoms with Crippen LogP contribution in [0.25, 0.3) is 0 Å². The molecule has 1 heterocycles. The number of piperazine rings is 1. The Labute approximate surface area is 86.6 Å². The van der Waals surface area contributed by atoms with Crippen molar-refractivity contribution in [3.63, 3.8) is 0 Å². The molecule has 1 rings (SSSR count). The zero-order valence-corrected chi connectivity index (χ0v) is 8.95. The minimum absolute atomic E-state index is 0.381. The Hall–Kier alpha value is -0.850.